The second kappa shape index (κ2) is 9.41. The molecular formula is C22H20INO3. The third kappa shape index (κ3) is 5.23. The van der Waals surface area contributed by atoms with Crippen molar-refractivity contribution in [3.05, 3.63) is 93.6 Å². The number of rotatable bonds is 6. The SMILES string of the molecule is COc1cccc(CN(C(=O)OCc2ccccc2)c2ccccc2I)c1. The zero-order valence-corrected chi connectivity index (χ0v) is 17.1. The zero-order chi connectivity index (χ0) is 19.1. The van der Waals surface area contributed by atoms with Crippen LogP contribution in [0.1, 0.15) is 11.1 Å². The van der Waals surface area contributed by atoms with E-state index in [0.29, 0.717) is 6.54 Å². The minimum Gasteiger partial charge on any atom is -0.497 e. The highest BCUT2D eigenvalue weighted by atomic mass is 127. The lowest BCUT2D eigenvalue weighted by atomic mass is 10.2. The summed E-state index contributed by atoms with van der Waals surface area (Å²) in [6.45, 7) is 0.628. The Morgan fingerprint density at radius 3 is 2.37 bits per heavy atom. The first-order valence-electron chi connectivity index (χ1n) is 8.53. The number of carbonyl (C=O) groups is 1. The van der Waals surface area contributed by atoms with Gasteiger partial charge in [0.25, 0.3) is 0 Å². The molecule has 0 N–H and O–H groups in total. The smallest absolute Gasteiger partial charge is 0.414 e. The second-order valence-electron chi connectivity index (χ2n) is 5.93. The Morgan fingerprint density at radius 1 is 0.926 bits per heavy atom. The summed E-state index contributed by atoms with van der Waals surface area (Å²) in [4.78, 5) is 14.5. The lowest BCUT2D eigenvalue weighted by molar-refractivity contribution is 0.146. The van der Waals surface area contributed by atoms with Crippen molar-refractivity contribution in [2.75, 3.05) is 12.0 Å². The molecule has 27 heavy (non-hydrogen) atoms. The number of hydrogen-bond donors (Lipinski definition) is 0. The fourth-order valence-corrected chi connectivity index (χ4v) is 3.35. The number of anilines is 1. The molecule has 3 aromatic carbocycles. The molecule has 0 saturated heterocycles. The Hall–Kier alpha value is -2.54. The average Bonchev–Trinajstić information content (AvgIpc) is 2.72. The van der Waals surface area contributed by atoms with Crippen LogP contribution in [0.15, 0.2) is 78.9 Å². The highest BCUT2D eigenvalue weighted by Crippen LogP contribution is 2.26. The largest absolute Gasteiger partial charge is 0.497 e. The van der Waals surface area contributed by atoms with Gasteiger partial charge in [0.1, 0.15) is 12.4 Å². The molecule has 0 unspecified atom stereocenters. The van der Waals surface area contributed by atoms with Gasteiger partial charge in [0.2, 0.25) is 0 Å². The van der Waals surface area contributed by atoms with Gasteiger partial charge in [-0.3, -0.25) is 4.90 Å². The van der Waals surface area contributed by atoms with E-state index in [1.54, 1.807) is 12.0 Å². The maximum atomic E-state index is 12.9. The molecule has 0 atom stereocenters. The van der Waals surface area contributed by atoms with Gasteiger partial charge in [0.05, 0.1) is 19.3 Å². The molecule has 4 nitrogen and oxygen atoms in total. The van der Waals surface area contributed by atoms with Crippen molar-refractivity contribution in [1.82, 2.24) is 0 Å². The molecule has 5 heteroatoms. The van der Waals surface area contributed by atoms with Gasteiger partial charge in [0, 0.05) is 3.57 Å². The Bertz CT molecular complexity index is 899. The molecule has 0 saturated carbocycles. The Balaban J connectivity index is 1.83. The number of benzene rings is 3. The van der Waals surface area contributed by atoms with Crippen LogP contribution in [0, 0.1) is 3.57 Å². The van der Waals surface area contributed by atoms with Crippen molar-refractivity contribution < 1.29 is 14.3 Å². The number of amides is 1. The summed E-state index contributed by atoms with van der Waals surface area (Å²) >= 11 is 2.23. The van der Waals surface area contributed by atoms with Gasteiger partial charge in [-0.1, -0.05) is 54.6 Å². The topological polar surface area (TPSA) is 38.8 Å². The van der Waals surface area contributed by atoms with Gasteiger partial charge in [-0.25, -0.2) is 4.79 Å². The van der Waals surface area contributed by atoms with Crippen LogP contribution in [0.4, 0.5) is 10.5 Å². The highest BCUT2D eigenvalue weighted by Gasteiger charge is 2.20. The highest BCUT2D eigenvalue weighted by molar-refractivity contribution is 14.1. The summed E-state index contributed by atoms with van der Waals surface area (Å²) in [6, 6.07) is 25.1. The normalized spacial score (nSPS) is 10.3. The maximum absolute atomic E-state index is 12.9. The van der Waals surface area contributed by atoms with Crippen LogP contribution in [0.25, 0.3) is 0 Å². The third-order valence-electron chi connectivity index (χ3n) is 4.04. The second-order valence-corrected chi connectivity index (χ2v) is 7.09. The molecule has 0 bridgehead atoms. The molecule has 3 rings (SSSR count). The monoisotopic (exact) mass is 473 g/mol. The lowest BCUT2D eigenvalue weighted by Gasteiger charge is -2.24. The van der Waals surface area contributed by atoms with E-state index >= 15 is 0 Å². The van der Waals surface area contributed by atoms with E-state index in [1.165, 1.54) is 0 Å². The molecule has 138 valence electrons. The first kappa shape index (κ1) is 19.2. The molecule has 3 aromatic rings. The van der Waals surface area contributed by atoms with Gasteiger partial charge < -0.3 is 9.47 Å². The summed E-state index contributed by atoms with van der Waals surface area (Å²) in [5.41, 5.74) is 2.74. The van der Waals surface area contributed by atoms with Crippen molar-refractivity contribution in [2.24, 2.45) is 0 Å². The van der Waals surface area contributed by atoms with Crippen LogP contribution in [-0.2, 0) is 17.9 Å². The molecule has 0 aliphatic heterocycles. The fraction of sp³-hybridized carbons (Fsp3) is 0.136. The van der Waals surface area contributed by atoms with Gasteiger partial charge in [0.15, 0.2) is 0 Å². The minimum atomic E-state index is -0.384. The van der Waals surface area contributed by atoms with Crippen LogP contribution in [0.5, 0.6) is 5.75 Å². The first-order valence-corrected chi connectivity index (χ1v) is 9.61. The Kier molecular flexibility index (Phi) is 6.70. The number of nitrogens with zero attached hydrogens (tertiary/aromatic N) is 1. The lowest BCUT2D eigenvalue weighted by Crippen LogP contribution is -2.31. The molecule has 0 aliphatic rings. The summed E-state index contributed by atoms with van der Waals surface area (Å²) in [6.07, 6.45) is -0.384. The van der Waals surface area contributed by atoms with E-state index in [2.05, 4.69) is 22.6 Å². The molecule has 0 heterocycles. The Morgan fingerprint density at radius 2 is 1.63 bits per heavy atom. The number of ether oxygens (including phenoxy) is 2. The molecule has 0 aromatic heterocycles. The fourth-order valence-electron chi connectivity index (χ4n) is 2.67. The standard InChI is InChI=1S/C22H20INO3/c1-26-19-11-7-10-18(14-19)15-24(21-13-6-5-12-20(21)23)22(25)27-16-17-8-3-2-4-9-17/h2-14H,15-16H2,1H3. The predicted molar refractivity (Wildman–Crippen MR) is 115 cm³/mol. The van der Waals surface area contributed by atoms with Crippen LogP contribution in [0.2, 0.25) is 0 Å². The van der Waals surface area contributed by atoms with Crippen molar-refractivity contribution in [3.63, 3.8) is 0 Å². The van der Waals surface area contributed by atoms with E-state index in [1.807, 2.05) is 78.9 Å². The van der Waals surface area contributed by atoms with E-state index < -0.39 is 0 Å². The van der Waals surface area contributed by atoms with E-state index in [-0.39, 0.29) is 12.7 Å². The number of halogens is 1. The van der Waals surface area contributed by atoms with Crippen LogP contribution in [0.3, 0.4) is 0 Å². The molecule has 0 aliphatic carbocycles. The van der Waals surface area contributed by atoms with Crippen molar-refractivity contribution in [1.29, 1.82) is 0 Å². The average molecular weight is 473 g/mol. The maximum Gasteiger partial charge on any atom is 0.414 e. The third-order valence-corrected chi connectivity index (χ3v) is 4.96. The minimum absolute atomic E-state index is 0.234. The van der Waals surface area contributed by atoms with Crippen LogP contribution >= 0.6 is 22.6 Å². The summed E-state index contributed by atoms with van der Waals surface area (Å²) in [5, 5.41) is 0. The number of para-hydroxylation sites is 1. The molecule has 1 amide bonds. The van der Waals surface area contributed by atoms with Gasteiger partial charge >= 0.3 is 6.09 Å². The van der Waals surface area contributed by atoms with Gasteiger partial charge in [-0.15, -0.1) is 0 Å². The predicted octanol–water partition coefficient (Wildman–Crippen LogP) is 5.64. The molecule has 0 spiro atoms. The van der Waals surface area contributed by atoms with Crippen molar-refractivity contribution in [3.8, 4) is 5.75 Å². The first-order chi connectivity index (χ1) is 13.2. The number of carbonyl (C=O) groups excluding carboxylic acids is 1. The zero-order valence-electron chi connectivity index (χ0n) is 15.0. The van der Waals surface area contributed by atoms with Crippen LogP contribution in [-0.4, -0.2) is 13.2 Å². The Labute approximate surface area is 172 Å². The van der Waals surface area contributed by atoms with E-state index in [4.69, 9.17) is 9.47 Å². The van der Waals surface area contributed by atoms with Gasteiger partial charge in [-0.05, 0) is 58.0 Å². The number of methoxy groups -OCH3 is 1. The van der Waals surface area contributed by atoms with E-state index in [9.17, 15) is 4.79 Å². The quantitative estimate of drug-likeness (QED) is 0.435. The van der Waals surface area contributed by atoms with Crippen molar-refractivity contribution >= 4 is 34.4 Å². The molecule has 0 radical (unpaired) electrons. The van der Waals surface area contributed by atoms with Gasteiger partial charge in [-0.2, -0.15) is 0 Å². The molecular weight excluding hydrogens is 453 g/mol. The summed E-state index contributed by atoms with van der Waals surface area (Å²) in [5.74, 6) is 0.757. The number of hydrogen-bond acceptors (Lipinski definition) is 3. The summed E-state index contributed by atoms with van der Waals surface area (Å²) < 4.78 is 11.9. The van der Waals surface area contributed by atoms with Crippen molar-refractivity contribution in [2.45, 2.75) is 13.2 Å². The van der Waals surface area contributed by atoms with Crippen LogP contribution < -0.4 is 9.64 Å². The molecule has 0 fully saturated rings. The van der Waals surface area contributed by atoms with E-state index in [0.717, 1.165) is 26.1 Å². The summed E-state index contributed by atoms with van der Waals surface area (Å²) in [7, 11) is 1.63.